The second kappa shape index (κ2) is 10.8. The summed E-state index contributed by atoms with van der Waals surface area (Å²) in [5, 5.41) is 22.3. The van der Waals surface area contributed by atoms with Crippen LogP contribution in [0.5, 0.6) is 0 Å². The van der Waals surface area contributed by atoms with E-state index in [1.54, 1.807) is 24.4 Å². The van der Waals surface area contributed by atoms with E-state index in [4.69, 9.17) is 33.3 Å². The van der Waals surface area contributed by atoms with E-state index in [-0.39, 0.29) is 13.2 Å². The average molecular weight is 596 g/mol. The molecule has 2 aromatic carbocycles. The number of benzene rings is 2. The van der Waals surface area contributed by atoms with Crippen molar-refractivity contribution in [2.24, 2.45) is 0 Å². The number of rotatable bonds is 8. The van der Waals surface area contributed by atoms with Crippen molar-refractivity contribution in [1.82, 2.24) is 19.9 Å². The van der Waals surface area contributed by atoms with Gasteiger partial charge in [0.25, 0.3) is 0 Å². The van der Waals surface area contributed by atoms with Gasteiger partial charge in [-0.05, 0) is 64.9 Å². The quantitative estimate of drug-likeness (QED) is 0.161. The van der Waals surface area contributed by atoms with Crippen LogP contribution in [-0.2, 0) is 6.61 Å². The van der Waals surface area contributed by atoms with E-state index in [2.05, 4.69) is 42.9 Å². The average Bonchev–Trinajstić information content (AvgIpc) is 3.24. The SMILES string of the molecule is OCCCNc1nccc(-c2[nH]c(-c3c(Cl)cc(CO)cc3Cl)nc2-c2cccc(I)c2)n1. The third-order valence-corrected chi connectivity index (χ3v) is 6.12. The lowest BCUT2D eigenvalue weighted by Crippen LogP contribution is -2.07. The van der Waals surface area contributed by atoms with Gasteiger partial charge in [0.15, 0.2) is 0 Å². The molecule has 0 fully saturated rings. The number of aromatic nitrogens is 4. The van der Waals surface area contributed by atoms with E-state index in [9.17, 15) is 5.11 Å². The molecular formula is C23H20Cl2IN5O2. The fraction of sp³-hybridized carbons (Fsp3) is 0.174. The summed E-state index contributed by atoms with van der Waals surface area (Å²) >= 11 is 15.3. The van der Waals surface area contributed by atoms with Crippen LogP contribution in [0, 0.1) is 3.57 Å². The van der Waals surface area contributed by atoms with Crippen LogP contribution in [0.15, 0.2) is 48.7 Å². The molecule has 0 spiro atoms. The van der Waals surface area contributed by atoms with Crippen molar-refractivity contribution in [3.8, 4) is 34.0 Å². The van der Waals surface area contributed by atoms with Crippen molar-refractivity contribution in [1.29, 1.82) is 0 Å². The van der Waals surface area contributed by atoms with Crippen LogP contribution in [0.3, 0.4) is 0 Å². The molecule has 0 aliphatic carbocycles. The Morgan fingerprint density at radius 3 is 2.52 bits per heavy atom. The largest absolute Gasteiger partial charge is 0.396 e. The van der Waals surface area contributed by atoms with Crippen molar-refractivity contribution < 1.29 is 10.2 Å². The lowest BCUT2D eigenvalue weighted by Gasteiger charge is -2.07. The smallest absolute Gasteiger partial charge is 0.223 e. The molecule has 7 nitrogen and oxygen atoms in total. The third-order valence-electron chi connectivity index (χ3n) is 4.85. The van der Waals surface area contributed by atoms with Gasteiger partial charge in [-0.1, -0.05) is 35.3 Å². The van der Waals surface area contributed by atoms with Gasteiger partial charge in [0.1, 0.15) is 5.82 Å². The molecule has 4 N–H and O–H groups in total. The molecule has 2 aromatic heterocycles. The van der Waals surface area contributed by atoms with Gasteiger partial charge in [0.2, 0.25) is 5.95 Å². The highest BCUT2D eigenvalue weighted by Crippen LogP contribution is 2.38. The van der Waals surface area contributed by atoms with Crippen LogP contribution in [0.1, 0.15) is 12.0 Å². The minimum atomic E-state index is -0.163. The van der Waals surface area contributed by atoms with Gasteiger partial charge in [0.05, 0.1) is 39.3 Å². The molecule has 0 saturated heterocycles. The van der Waals surface area contributed by atoms with Gasteiger partial charge < -0.3 is 20.5 Å². The standard InChI is InChI=1S/C23H20Cl2IN5O2/c24-16-9-13(12-33)10-17(25)19(16)22-30-20(14-3-1-4-15(26)11-14)21(31-22)18-5-7-28-23(29-18)27-6-2-8-32/h1,3-5,7,9-11,32-33H,2,6,8,12H2,(H,30,31)(H,27,28,29). The summed E-state index contributed by atoms with van der Waals surface area (Å²) in [5.74, 6) is 0.945. The lowest BCUT2D eigenvalue weighted by molar-refractivity contribution is 0.282. The molecule has 0 aliphatic heterocycles. The van der Waals surface area contributed by atoms with Gasteiger partial charge in [0, 0.05) is 28.5 Å². The Kier molecular flexibility index (Phi) is 7.82. The number of H-pyrrole nitrogens is 1. The zero-order valence-electron chi connectivity index (χ0n) is 17.3. The Bertz CT molecular complexity index is 1260. The zero-order valence-corrected chi connectivity index (χ0v) is 21.0. The first-order valence-corrected chi connectivity index (χ1v) is 12.0. The van der Waals surface area contributed by atoms with Crippen LogP contribution < -0.4 is 5.32 Å². The van der Waals surface area contributed by atoms with Crippen molar-refractivity contribution in [2.75, 3.05) is 18.5 Å². The van der Waals surface area contributed by atoms with E-state index in [1.165, 1.54) is 0 Å². The molecule has 0 atom stereocenters. The minimum absolute atomic E-state index is 0.0873. The van der Waals surface area contributed by atoms with Crippen LogP contribution >= 0.6 is 45.8 Å². The van der Waals surface area contributed by atoms with Gasteiger partial charge in [-0.15, -0.1) is 0 Å². The Morgan fingerprint density at radius 1 is 1.03 bits per heavy atom. The molecule has 170 valence electrons. The molecule has 0 aliphatic rings. The number of aliphatic hydroxyl groups excluding tert-OH is 2. The normalized spacial score (nSPS) is 11.1. The Hall–Kier alpha value is -2.24. The first-order valence-electron chi connectivity index (χ1n) is 10.1. The molecular weight excluding hydrogens is 576 g/mol. The first kappa shape index (κ1) is 23.9. The summed E-state index contributed by atoms with van der Waals surface area (Å²) < 4.78 is 1.07. The predicted octanol–water partition coefficient (Wildman–Crippen LogP) is 5.40. The number of hydrogen-bond donors (Lipinski definition) is 4. The molecule has 0 radical (unpaired) electrons. The van der Waals surface area contributed by atoms with Gasteiger partial charge in [-0.25, -0.2) is 15.0 Å². The van der Waals surface area contributed by atoms with Crippen LogP contribution in [0.4, 0.5) is 5.95 Å². The van der Waals surface area contributed by atoms with Crippen LogP contribution in [0.25, 0.3) is 34.0 Å². The topological polar surface area (TPSA) is 107 Å². The first-order chi connectivity index (χ1) is 16.0. The van der Waals surface area contributed by atoms with Crippen LogP contribution in [-0.4, -0.2) is 43.3 Å². The molecule has 0 unspecified atom stereocenters. The highest BCUT2D eigenvalue weighted by atomic mass is 127. The maximum absolute atomic E-state index is 9.45. The Morgan fingerprint density at radius 2 is 1.82 bits per heavy atom. The van der Waals surface area contributed by atoms with Crippen molar-refractivity contribution in [3.05, 3.63) is 67.8 Å². The molecule has 0 amide bonds. The minimum Gasteiger partial charge on any atom is -0.396 e. The second-order valence-corrected chi connectivity index (χ2v) is 9.24. The zero-order chi connectivity index (χ0) is 23.4. The lowest BCUT2D eigenvalue weighted by atomic mass is 10.1. The highest BCUT2D eigenvalue weighted by Gasteiger charge is 2.20. The molecule has 2 heterocycles. The number of imidazole rings is 1. The molecule has 0 saturated carbocycles. The predicted molar refractivity (Wildman–Crippen MR) is 139 cm³/mol. The third kappa shape index (κ3) is 5.47. The number of aromatic amines is 1. The molecule has 0 bridgehead atoms. The summed E-state index contributed by atoms with van der Waals surface area (Å²) in [4.78, 5) is 17.1. The Balaban J connectivity index is 1.85. The van der Waals surface area contributed by atoms with E-state index in [0.717, 1.165) is 9.13 Å². The fourth-order valence-electron chi connectivity index (χ4n) is 3.33. The summed E-state index contributed by atoms with van der Waals surface area (Å²) in [7, 11) is 0. The summed E-state index contributed by atoms with van der Waals surface area (Å²) in [6, 6.07) is 13.1. The Labute approximate surface area is 214 Å². The number of nitrogens with zero attached hydrogens (tertiary/aromatic N) is 3. The van der Waals surface area contributed by atoms with Gasteiger partial charge >= 0.3 is 0 Å². The molecule has 33 heavy (non-hydrogen) atoms. The number of aliphatic hydroxyl groups is 2. The van der Waals surface area contributed by atoms with Crippen molar-refractivity contribution >= 4 is 51.7 Å². The van der Waals surface area contributed by atoms with E-state index in [1.807, 2.05) is 24.3 Å². The van der Waals surface area contributed by atoms with E-state index in [0.29, 0.717) is 63.0 Å². The maximum atomic E-state index is 9.45. The van der Waals surface area contributed by atoms with Gasteiger partial charge in [-0.2, -0.15) is 0 Å². The fourth-order valence-corrected chi connectivity index (χ4v) is 4.58. The number of anilines is 1. The van der Waals surface area contributed by atoms with Crippen molar-refractivity contribution in [3.63, 3.8) is 0 Å². The van der Waals surface area contributed by atoms with Gasteiger partial charge in [-0.3, -0.25) is 0 Å². The molecule has 4 aromatic rings. The number of hydrogen-bond acceptors (Lipinski definition) is 6. The molecule has 4 rings (SSSR count). The summed E-state index contributed by atoms with van der Waals surface area (Å²) in [6.45, 7) is 0.480. The van der Waals surface area contributed by atoms with E-state index < -0.39 is 0 Å². The number of nitrogens with one attached hydrogen (secondary N) is 2. The highest BCUT2D eigenvalue weighted by molar-refractivity contribution is 14.1. The molecule has 10 heteroatoms. The number of halogens is 3. The summed E-state index contributed by atoms with van der Waals surface area (Å²) in [6.07, 6.45) is 2.26. The van der Waals surface area contributed by atoms with E-state index >= 15 is 0 Å². The van der Waals surface area contributed by atoms with Crippen molar-refractivity contribution in [2.45, 2.75) is 13.0 Å². The summed E-state index contributed by atoms with van der Waals surface area (Å²) in [5.41, 5.74) is 4.10. The monoisotopic (exact) mass is 595 g/mol. The maximum Gasteiger partial charge on any atom is 0.223 e. The second-order valence-electron chi connectivity index (χ2n) is 7.18. The van der Waals surface area contributed by atoms with Crippen LogP contribution in [0.2, 0.25) is 10.0 Å².